The van der Waals surface area contributed by atoms with Gasteiger partial charge >= 0.3 is 6.18 Å². The number of alkyl halides is 3. The van der Waals surface area contributed by atoms with Crippen molar-refractivity contribution in [2.24, 2.45) is 5.10 Å². The fraction of sp³-hybridized carbons (Fsp3) is 0.316. The average molecular weight is 347 g/mol. The number of rotatable bonds is 3. The van der Waals surface area contributed by atoms with Crippen molar-refractivity contribution in [1.82, 2.24) is 5.01 Å². The number of hydrogen-bond donors (Lipinski definition) is 0. The predicted molar refractivity (Wildman–Crippen MR) is 94.0 cm³/mol. The van der Waals surface area contributed by atoms with E-state index in [1.807, 2.05) is 5.01 Å². The quantitative estimate of drug-likeness (QED) is 0.776. The summed E-state index contributed by atoms with van der Waals surface area (Å²) in [5.74, 6) is 0. The van der Waals surface area contributed by atoms with Gasteiger partial charge in [-0.2, -0.15) is 18.3 Å². The van der Waals surface area contributed by atoms with E-state index < -0.39 is 11.7 Å². The van der Waals surface area contributed by atoms with E-state index in [1.165, 1.54) is 23.9 Å². The van der Waals surface area contributed by atoms with Crippen molar-refractivity contribution in [3.05, 3.63) is 65.2 Å². The minimum atomic E-state index is -4.37. The van der Waals surface area contributed by atoms with Crippen LogP contribution in [-0.2, 0) is 6.18 Å². The Balaban J connectivity index is 1.63. The molecule has 1 aliphatic heterocycles. The molecule has 0 radical (unpaired) electrons. The van der Waals surface area contributed by atoms with Gasteiger partial charge in [-0.15, -0.1) is 0 Å². The van der Waals surface area contributed by atoms with Crippen molar-refractivity contribution in [2.45, 2.75) is 13.1 Å². The van der Waals surface area contributed by atoms with Gasteiger partial charge in [0.25, 0.3) is 0 Å². The first-order valence-corrected chi connectivity index (χ1v) is 8.20. The van der Waals surface area contributed by atoms with Gasteiger partial charge in [0.2, 0.25) is 0 Å². The summed E-state index contributed by atoms with van der Waals surface area (Å²) in [5.41, 5.74) is 1.82. The maximum absolute atomic E-state index is 13.0. The molecule has 3 rings (SSSR count). The van der Waals surface area contributed by atoms with Gasteiger partial charge in [-0.1, -0.05) is 35.9 Å². The zero-order chi connectivity index (χ0) is 17.9. The zero-order valence-corrected chi connectivity index (χ0v) is 14.0. The molecule has 0 aromatic heterocycles. The molecular weight excluding hydrogens is 327 g/mol. The molecule has 132 valence electrons. The van der Waals surface area contributed by atoms with Gasteiger partial charge in [-0.25, -0.2) is 0 Å². The second-order valence-corrected chi connectivity index (χ2v) is 6.11. The maximum Gasteiger partial charge on any atom is 0.417 e. The van der Waals surface area contributed by atoms with E-state index in [1.54, 1.807) is 6.07 Å². The van der Waals surface area contributed by atoms with Gasteiger partial charge in [-0.3, -0.25) is 5.01 Å². The van der Waals surface area contributed by atoms with Crippen molar-refractivity contribution >= 4 is 11.9 Å². The van der Waals surface area contributed by atoms with Crippen molar-refractivity contribution in [2.75, 3.05) is 31.1 Å². The van der Waals surface area contributed by atoms with Crippen LogP contribution in [-0.4, -0.2) is 37.4 Å². The van der Waals surface area contributed by atoms with Gasteiger partial charge in [0.1, 0.15) is 0 Å². The number of aryl methyl sites for hydroxylation is 1. The Morgan fingerprint density at radius 2 is 1.56 bits per heavy atom. The molecule has 0 spiro atoms. The molecule has 0 N–H and O–H groups in total. The van der Waals surface area contributed by atoms with E-state index in [2.05, 4.69) is 41.2 Å². The van der Waals surface area contributed by atoms with Crippen molar-refractivity contribution in [3.63, 3.8) is 0 Å². The summed E-state index contributed by atoms with van der Waals surface area (Å²) in [5, 5.41) is 6.07. The minimum Gasteiger partial charge on any atom is -0.368 e. The summed E-state index contributed by atoms with van der Waals surface area (Å²) in [6.45, 7) is 5.00. The van der Waals surface area contributed by atoms with Crippen LogP contribution in [0.5, 0.6) is 0 Å². The molecule has 0 bridgehead atoms. The molecule has 6 heteroatoms. The number of benzene rings is 2. The van der Waals surface area contributed by atoms with Crippen LogP contribution in [0.1, 0.15) is 16.7 Å². The monoisotopic (exact) mass is 347 g/mol. The number of piperazine rings is 1. The molecule has 0 unspecified atom stereocenters. The summed E-state index contributed by atoms with van der Waals surface area (Å²) in [6, 6.07) is 13.8. The highest BCUT2D eigenvalue weighted by atomic mass is 19.4. The Bertz CT molecular complexity index is 730. The van der Waals surface area contributed by atoms with Crippen molar-refractivity contribution in [1.29, 1.82) is 0 Å². The standard InChI is InChI=1S/C19H20F3N3/c1-15-6-8-17(9-7-15)24-10-12-25(13-11-24)23-14-16-4-2-3-5-18(16)19(20,21)22/h2-9,14H,10-13H2,1H3/b23-14-. The zero-order valence-electron chi connectivity index (χ0n) is 14.0. The van der Waals surface area contributed by atoms with Crippen LogP contribution < -0.4 is 4.90 Å². The summed E-state index contributed by atoms with van der Waals surface area (Å²) in [7, 11) is 0. The van der Waals surface area contributed by atoms with Crippen LogP contribution in [0.15, 0.2) is 53.6 Å². The van der Waals surface area contributed by atoms with E-state index in [4.69, 9.17) is 0 Å². The van der Waals surface area contributed by atoms with E-state index in [9.17, 15) is 13.2 Å². The number of hydrazone groups is 1. The largest absolute Gasteiger partial charge is 0.417 e. The van der Waals surface area contributed by atoms with Crippen LogP contribution >= 0.6 is 0 Å². The summed E-state index contributed by atoms with van der Waals surface area (Å²) < 4.78 is 39.0. The van der Waals surface area contributed by atoms with Crippen LogP contribution in [0.4, 0.5) is 18.9 Å². The topological polar surface area (TPSA) is 18.8 Å². The first-order chi connectivity index (χ1) is 11.9. The first-order valence-electron chi connectivity index (χ1n) is 8.20. The minimum absolute atomic E-state index is 0.0935. The molecule has 2 aromatic carbocycles. The van der Waals surface area contributed by atoms with Crippen LogP contribution in [0, 0.1) is 6.92 Å². The predicted octanol–water partition coefficient (Wildman–Crippen LogP) is 4.17. The highest BCUT2D eigenvalue weighted by Crippen LogP contribution is 2.31. The number of hydrogen-bond acceptors (Lipinski definition) is 3. The second-order valence-electron chi connectivity index (χ2n) is 6.11. The van der Waals surface area contributed by atoms with E-state index in [0.29, 0.717) is 13.1 Å². The molecule has 0 aliphatic carbocycles. The molecule has 3 nitrogen and oxygen atoms in total. The van der Waals surface area contributed by atoms with Crippen LogP contribution in [0.2, 0.25) is 0 Å². The molecule has 0 saturated carbocycles. The third kappa shape index (κ3) is 4.32. The molecular formula is C19H20F3N3. The molecule has 0 amide bonds. The Morgan fingerprint density at radius 1 is 0.920 bits per heavy atom. The fourth-order valence-corrected chi connectivity index (χ4v) is 2.84. The lowest BCUT2D eigenvalue weighted by atomic mass is 10.1. The lowest BCUT2D eigenvalue weighted by Gasteiger charge is -2.34. The van der Waals surface area contributed by atoms with Crippen LogP contribution in [0.3, 0.4) is 0 Å². The Kier molecular flexibility index (Phi) is 4.97. The summed E-state index contributed by atoms with van der Waals surface area (Å²) in [4.78, 5) is 2.26. The van der Waals surface area contributed by atoms with E-state index in [-0.39, 0.29) is 5.56 Å². The Hall–Kier alpha value is -2.50. The fourth-order valence-electron chi connectivity index (χ4n) is 2.84. The molecule has 1 aliphatic rings. The third-order valence-electron chi connectivity index (χ3n) is 4.28. The molecule has 1 heterocycles. The highest BCUT2D eigenvalue weighted by molar-refractivity contribution is 5.81. The average Bonchev–Trinajstić information content (AvgIpc) is 2.61. The van der Waals surface area contributed by atoms with Crippen molar-refractivity contribution in [3.8, 4) is 0 Å². The summed E-state index contributed by atoms with van der Waals surface area (Å²) in [6.07, 6.45) is -3.06. The lowest BCUT2D eigenvalue weighted by Crippen LogP contribution is -2.44. The molecule has 2 aromatic rings. The number of anilines is 1. The van der Waals surface area contributed by atoms with Gasteiger partial charge in [0, 0.05) is 24.3 Å². The first kappa shape index (κ1) is 17.3. The van der Waals surface area contributed by atoms with Gasteiger partial charge < -0.3 is 4.90 Å². The second kappa shape index (κ2) is 7.17. The van der Waals surface area contributed by atoms with Gasteiger partial charge in [0.05, 0.1) is 24.9 Å². The smallest absolute Gasteiger partial charge is 0.368 e. The molecule has 1 fully saturated rings. The maximum atomic E-state index is 13.0. The number of halogens is 3. The Labute approximate surface area is 145 Å². The molecule has 25 heavy (non-hydrogen) atoms. The molecule has 1 saturated heterocycles. The van der Waals surface area contributed by atoms with Gasteiger partial charge in [-0.05, 0) is 25.1 Å². The van der Waals surface area contributed by atoms with Crippen LogP contribution in [0.25, 0.3) is 0 Å². The van der Waals surface area contributed by atoms with Crippen molar-refractivity contribution < 1.29 is 13.2 Å². The lowest BCUT2D eigenvalue weighted by molar-refractivity contribution is -0.137. The Morgan fingerprint density at radius 3 is 2.20 bits per heavy atom. The highest BCUT2D eigenvalue weighted by Gasteiger charge is 2.32. The van der Waals surface area contributed by atoms with Gasteiger partial charge in [0.15, 0.2) is 0 Å². The van der Waals surface area contributed by atoms with E-state index in [0.717, 1.165) is 24.8 Å². The third-order valence-corrected chi connectivity index (χ3v) is 4.28. The number of nitrogens with zero attached hydrogens (tertiary/aromatic N) is 3. The normalized spacial score (nSPS) is 15.8. The summed E-state index contributed by atoms with van der Waals surface area (Å²) >= 11 is 0. The SMILES string of the molecule is Cc1ccc(N2CCN(/N=C\c3ccccc3C(F)(F)F)CC2)cc1. The molecule has 0 atom stereocenters. The van der Waals surface area contributed by atoms with E-state index >= 15 is 0 Å².